The van der Waals surface area contributed by atoms with Gasteiger partial charge in [-0.15, -0.1) is 0 Å². The molecule has 0 bridgehead atoms. The molecule has 1 aromatic carbocycles. The molecule has 2 aromatic rings. The van der Waals surface area contributed by atoms with E-state index in [-0.39, 0.29) is 23.9 Å². The number of amides is 2. The van der Waals surface area contributed by atoms with E-state index in [0.29, 0.717) is 26.1 Å². The average Bonchev–Trinajstić information content (AvgIpc) is 3.35. The summed E-state index contributed by atoms with van der Waals surface area (Å²) in [6, 6.07) is 7.30. The number of nitrogens with one attached hydrogen (secondary N) is 2. The third kappa shape index (κ3) is 3.60. The number of rotatable bonds is 6. The molecule has 2 aliphatic heterocycles. The molecule has 0 aliphatic carbocycles. The van der Waals surface area contributed by atoms with Crippen molar-refractivity contribution < 1.29 is 14.3 Å². The lowest BCUT2D eigenvalue weighted by Gasteiger charge is -2.32. The Bertz CT molecular complexity index is 867. The monoisotopic (exact) mass is 383 g/mol. The van der Waals surface area contributed by atoms with Gasteiger partial charge in [0.15, 0.2) is 0 Å². The van der Waals surface area contributed by atoms with E-state index in [9.17, 15) is 9.59 Å². The first-order valence-electron chi connectivity index (χ1n) is 9.52. The Hall–Kier alpha value is -2.87. The number of benzene rings is 1. The van der Waals surface area contributed by atoms with Gasteiger partial charge < -0.3 is 20.3 Å². The molecule has 0 radical (unpaired) electrons. The van der Waals surface area contributed by atoms with Gasteiger partial charge in [0.05, 0.1) is 13.7 Å². The molecule has 0 saturated carbocycles. The van der Waals surface area contributed by atoms with Crippen LogP contribution in [0.1, 0.15) is 24.5 Å². The molecule has 4 rings (SSSR count). The van der Waals surface area contributed by atoms with Crippen molar-refractivity contribution in [3.05, 3.63) is 47.8 Å². The normalized spacial score (nSPS) is 24.2. The third-order valence-corrected chi connectivity index (χ3v) is 5.45. The molecule has 1 aromatic heterocycles. The molecule has 2 amide bonds. The first-order chi connectivity index (χ1) is 13.5. The molecule has 0 spiro atoms. The van der Waals surface area contributed by atoms with Gasteiger partial charge in [0.25, 0.3) is 0 Å². The Kier molecular flexibility index (Phi) is 5.04. The van der Waals surface area contributed by atoms with Crippen LogP contribution >= 0.6 is 0 Å². The molecule has 148 valence electrons. The zero-order valence-electron chi connectivity index (χ0n) is 16.1. The quantitative estimate of drug-likeness (QED) is 0.759. The van der Waals surface area contributed by atoms with Crippen LogP contribution in [0.25, 0.3) is 0 Å². The number of nitrogens with zero attached hydrogens (tertiary/aromatic N) is 3. The summed E-state index contributed by atoms with van der Waals surface area (Å²) in [5, 5.41) is 10.5. The van der Waals surface area contributed by atoms with Crippen LogP contribution in [0, 0.1) is 0 Å². The van der Waals surface area contributed by atoms with E-state index in [1.165, 1.54) is 0 Å². The van der Waals surface area contributed by atoms with Gasteiger partial charge in [-0.25, -0.2) is 0 Å². The molecule has 3 atom stereocenters. The van der Waals surface area contributed by atoms with Crippen molar-refractivity contribution in [2.75, 3.05) is 13.7 Å². The predicted molar refractivity (Wildman–Crippen MR) is 103 cm³/mol. The van der Waals surface area contributed by atoms with Gasteiger partial charge in [0.1, 0.15) is 17.8 Å². The highest BCUT2D eigenvalue weighted by Gasteiger charge is 2.44. The standard InChI is InChI=1S/C20H25N5O3/c1-13-20(27)25-12-16(9-17(25)19(26)23-13)21-10-14-4-5-18(28-2)15(8-14)11-24-7-3-6-22-24/h3-8,13,16-17,21H,9-12H2,1-2H3,(H,23,26)/t13-,16-,17-/m0/s1. The van der Waals surface area contributed by atoms with Crippen molar-refractivity contribution >= 4 is 11.8 Å². The summed E-state index contributed by atoms with van der Waals surface area (Å²) in [7, 11) is 1.66. The number of hydrogen-bond donors (Lipinski definition) is 2. The van der Waals surface area contributed by atoms with Gasteiger partial charge in [-0.1, -0.05) is 6.07 Å². The van der Waals surface area contributed by atoms with Gasteiger partial charge in [-0.05, 0) is 37.1 Å². The van der Waals surface area contributed by atoms with Gasteiger partial charge in [0, 0.05) is 37.1 Å². The van der Waals surface area contributed by atoms with Crippen LogP contribution in [0.2, 0.25) is 0 Å². The van der Waals surface area contributed by atoms with Crippen LogP contribution < -0.4 is 15.4 Å². The van der Waals surface area contributed by atoms with E-state index in [1.807, 2.05) is 29.1 Å². The minimum absolute atomic E-state index is 0.000133. The SMILES string of the molecule is COc1ccc(CN[C@H]2C[C@H]3C(=O)N[C@@H](C)C(=O)N3C2)cc1Cn1cccn1. The molecule has 8 nitrogen and oxygen atoms in total. The zero-order chi connectivity index (χ0) is 19.7. The fraction of sp³-hybridized carbons (Fsp3) is 0.450. The molecule has 3 heterocycles. The molecule has 2 fully saturated rings. The Morgan fingerprint density at radius 1 is 1.36 bits per heavy atom. The summed E-state index contributed by atoms with van der Waals surface area (Å²) < 4.78 is 7.33. The first-order valence-corrected chi connectivity index (χ1v) is 9.52. The van der Waals surface area contributed by atoms with Crippen LogP contribution in [0.15, 0.2) is 36.7 Å². The number of piperazine rings is 1. The second-order valence-corrected chi connectivity index (χ2v) is 7.40. The number of methoxy groups -OCH3 is 1. The third-order valence-electron chi connectivity index (χ3n) is 5.45. The van der Waals surface area contributed by atoms with Crippen LogP contribution in [0.3, 0.4) is 0 Å². The highest BCUT2D eigenvalue weighted by Crippen LogP contribution is 2.24. The fourth-order valence-electron chi connectivity index (χ4n) is 3.99. The van der Waals surface area contributed by atoms with E-state index in [4.69, 9.17) is 4.74 Å². The van der Waals surface area contributed by atoms with Crippen molar-refractivity contribution in [1.82, 2.24) is 25.3 Å². The smallest absolute Gasteiger partial charge is 0.245 e. The van der Waals surface area contributed by atoms with Crippen molar-refractivity contribution in [2.24, 2.45) is 0 Å². The number of hydrogen-bond acceptors (Lipinski definition) is 5. The topological polar surface area (TPSA) is 88.5 Å². The lowest BCUT2D eigenvalue weighted by Crippen LogP contribution is -2.60. The summed E-state index contributed by atoms with van der Waals surface area (Å²) in [5.74, 6) is 0.774. The second-order valence-electron chi connectivity index (χ2n) is 7.40. The van der Waals surface area contributed by atoms with E-state index < -0.39 is 6.04 Å². The average molecular weight is 383 g/mol. The maximum absolute atomic E-state index is 12.3. The van der Waals surface area contributed by atoms with E-state index in [0.717, 1.165) is 16.9 Å². The molecule has 28 heavy (non-hydrogen) atoms. The number of carbonyl (C=O) groups is 2. The van der Waals surface area contributed by atoms with E-state index in [2.05, 4.69) is 21.8 Å². The molecular formula is C20H25N5O3. The molecule has 8 heteroatoms. The lowest BCUT2D eigenvalue weighted by atomic mass is 10.1. The Morgan fingerprint density at radius 2 is 2.21 bits per heavy atom. The van der Waals surface area contributed by atoms with Gasteiger partial charge in [-0.2, -0.15) is 5.10 Å². The molecule has 0 unspecified atom stereocenters. The van der Waals surface area contributed by atoms with Crippen molar-refractivity contribution in [3.8, 4) is 5.75 Å². The van der Waals surface area contributed by atoms with Crippen LogP contribution in [0.5, 0.6) is 5.75 Å². The number of aromatic nitrogens is 2. The van der Waals surface area contributed by atoms with E-state index in [1.54, 1.807) is 25.1 Å². The minimum atomic E-state index is -0.436. The van der Waals surface area contributed by atoms with Crippen LogP contribution in [0.4, 0.5) is 0 Å². The Balaban J connectivity index is 1.41. The summed E-state index contributed by atoms with van der Waals surface area (Å²) in [5.41, 5.74) is 2.18. The van der Waals surface area contributed by atoms with Gasteiger partial charge >= 0.3 is 0 Å². The molecular weight excluding hydrogens is 358 g/mol. The van der Waals surface area contributed by atoms with E-state index >= 15 is 0 Å². The lowest BCUT2D eigenvalue weighted by molar-refractivity contribution is -0.146. The predicted octanol–water partition coefficient (Wildman–Crippen LogP) is 0.517. The van der Waals surface area contributed by atoms with Crippen LogP contribution in [-0.4, -0.2) is 58.3 Å². The maximum atomic E-state index is 12.3. The first kappa shape index (κ1) is 18.5. The van der Waals surface area contributed by atoms with Crippen molar-refractivity contribution in [3.63, 3.8) is 0 Å². The zero-order valence-corrected chi connectivity index (χ0v) is 16.1. The molecule has 2 saturated heterocycles. The molecule has 2 N–H and O–H groups in total. The summed E-state index contributed by atoms with van der Waals surface area (Å²) in [6.45, 7) is 3.59. The number of fused-ring (bicyclic) bond motifs is 1. The Morgan fingerprint density at radius 3 is 2.96 bits per heavy atom. The number of carbonyl (C=O) groups excluding carboxylic acids is 2. The van der Waals surface area contributed by atoms with Crippen molar-refractivity contribution in [1.29, 1.82) is 0 Å². The summed E-state index contributed by atoms with van der Waals surface area (Å²) in [6.07, 6.45) is 4.31. The summed E-state index contributed by atoms with van der Waals surface area (Å²) in [4.78, 5) is 26.2. The minimum Gasteiger partial charge on any atom is -0.496 e. The maximum Gasteiger partial charge on any atom is 0.245 e. The highest BCUT2D eigenvalue weighted by atomic mass is 16.5. The number of ether oxygens (including phenoxy) is 1. The van der Waals surface area contributed by atoms with Crippen molar-refractivity contribution in [2.45, 2.75) is 44.6 Å². The summed E-state index contributed by atoms with van der Waals surface area (Å²) >= 11 is 0. The van der Waals surface area contributed by atoms with Crippen LogP contribution in [-0.2, 0) is 22.7 Å². The second kappa shape index (κ2) is 7.63. The fourth-order valence-corrected chi connectivity index (χ4v) is 3.99. The van der Waals surface area contributed by atoms with Gasteiger partial charge in [0.2, 0.25) is 11.8 Å². The molecule has 2 aliphatic rings. The Labute approximate surface area is 163 Å². The highest BCUT2D eigenvalue weighted by molar-refractivity contribution is 5.97. The largest absolute Gasteiger partial charge is 0.496 e. The van der Waals surface area contributed by atoms with Gasteiger partial charge in [-0.3, -0.25) is 14.3 Å².